The zero-order chi connectivity index (χ0) is 13.0. The van der Waals surface area contributed by atoms with Crippen LogP contribution in [0.25, 0.3) is 0 Å². The lowest BCUT2D eigenvalue weighted by molar-refractivity contribution is 0.259. The van der Waals surface area contributed by atoms with Crippen LogP contribution in [0.1, 0.15) is 22.2 Å². The first-order valence-corrected chi connectivity index (χ1v) is 6.64. The molecule has 0 saturated heterocycles. The predicted molar refractivity (Wildman–Crippen MR) is 70.4 cm³/mol. The summed E-state index contributed by atoms with van der Waals surface area (Å²) in [5.41, 5.74) is 0.474. The SMILES string of the molecule is CCc1ccc(COc2ccc(F)cc2CO)s1. The quantitative estimate of drug-likeness (QED) is 0.897. The van der Waals surface area contributed by atoms with Gasteiger partial charge < -0.3 is 9.84 Å². The van der Waals surface area contributed by atoms with Crippen molar-refractivity contribution in [2.24, 2.45) is 0 Å². The van der Waals surface area contributed by atoms with Crippen molar-refractivity contribution < 1.29 is 14.2 Å². The molecule has 0 atom stereocenters. The molecule has 1 aromatic heterocycles. The monoisotopic (exact) mass is 266 g/mol. The fraction of sp³-hybridized carbons (Fsp3) is 0.286. The highest BCUT2D eigenvalue weighted by atomic mass is 32.1. The van der Waals surface area contributed by atoms with E-state index in [1.165, 1.54) is 17.0 Å². The van der Waals surface area contributed by atoms with Gasteiger partial charge >= 0.3 is 0 Å². The Labute approximate surface area is 110 Å². The number of benzene rings is 1. The predicted octanol–water partition coefficient (Wildman–Crippen LogP) is 3.52. The van der Waals surface area contributed by atoms with E-state index in [9.17, 15) is 4.39 Å². The maximum absolute atomic E-state index is 13.0. The third-order valence-electron chi connectivity index (χ3n) is 2.63. The number of ether oxygens (including phenoxy) is 1. The molecule has 1 N–H and O–H groups in total. The maximum atomic E-state index is 13.0. The summed E-state index contributed by atoms with van der Waals surface area (Å²) in [4.78, 5) is 2.44. The van der Waals surface area contributed by atoms with E-state index in [0.29, 0.717) is 17.9 Å². The fourth-order valence-electron chi connectivity index (χ4n) is 1.65. The molecule has 18 heavy (non-hydrogen) atoms. The van der Waals surface area contributed by atoms with Crippen LogP contribution in [-0.2, 0) is 19.6 Å². The highest BCUT2D eigenvalue weighted by molar-refractivity contribution is 7.11. The van der Waals surface area contributed by atoms with Gasteiger partial charge in [-0.2, -0.15) is 0 Å². The molecule has 1 heterocycles. The average molecular weight is 266 g/mol. The third-order valence-corrected chi connectivity index (χ3v) is 3.83. The van der Waals surface area contributed by atoms with E-state index >= 15 is 0 Å². The van der Waals surface area contributed by atoms with Crippen molar-refractivity contribution in [3.63, 3.8) is 0 Å². The van der Waals surface area contributed by atoms with Gasteiger partial charge in [0.05, 0.1) is 6.61 Å². The summed E-state index contributed by atoms with van der Waals surface area (Å²) >= 11 is 1.71. The number of hydrogen-bond donors (Lipinski definition) is 1. The van der Waals surface area contributed by atoms with E-state index in [-0.39, 0.29) is 12.4 Å². The number of rotatable bonds is 5. The van der Waals surface area contributed by atoms with Crippen molar-refractivity contribution >= 4 is 11.3 Å². The van der Waals surface area contributed by atoms with Crippen molar-refractivity contribution in [3.8, 4) is 5.75 Å². The summed E-state index contributed by atoms with van der Waals surface area (Å²) in [6, 6.07) is 8.30. The molecule has 0 unspecified atom stereocenters. The summed E-state index contributed by atoms with van der Waals surface area (Å²) in [5, 5.41) is 9.14. The summed E-state index contributed by atoms with van der Waals surface area (Å²) < 4.78 is 18.6. The molecule has 2 rings (SSSR count). The average Bonchev–Trinajstić information content (AvgIpc) is 2.85. The van der Waals surface area contributed by atoms with E-state index in [2.05, 4.69) is 13.0 Å². The molecule has 0 spiro atoms. The van der Waals surface area contributed by atoms with Crippen molar-refractivity contribution in [2.75, 3.05) is 0 Å². The fourth-order valence-corrected chi connectivity index (χ4v) is 2.52. The second kappa shape index (κ2) is 5.98. The molecule has 96 valence electrons. The number of thiophene rings is 1. The Morgan fingerprint density at radius 3 is 2.67 bits per heavy atom. The number of hydrogen-bond acceptors (Lipinski definition) is 3. The second-order valence-corrected chi connectivity index (χ2v) is 5.17. The van der Waals surface area contributed by atoms with Crippen LogP contribution in [0.4, 0.5) is 4.39 Å². The summed E-state index contributed by atoms with van der Waals surface area (Å²) in [6.45, 7) is 2.33. The molecule has 0 aliphatic heterocycles. The van der Waals surface area contributed by atoms with Gasteiger partial charge in [-0.3, -0.25) is 0 Å². The van der Waals surface area contributed by atoms with Crippen molar-refractivity contribution in [2.45, 2.75) is 26.6 Å². The highest BCUT2D eigenvalue weighted by Gasteiger charge is 2.06. The third kappa shape index (κ3) is 3.09. The Balaban J connectivity index is 2.05. The van der Waals surface area contributed by atoms with Gasteiger partial charge in [0.15, 0.2) is 0 Å². The Bertz CT molecular complexity index is 522. The van der Waals surface area contributed by atoms with Gasteiger partial charge in [0.25, 0.3) is 0 Å². The van der Waals surface area contributed by atoms with Crippen LogP contribution in [0.3, 0.4) is 0 Å². The van der Waals surface area contributed by atoms with Crippen LogP contribution in [-0.4, -0.2) is 5.11 Å². The molecule has 0 aliphatic carbocycles. The van der Waals surface area contributed by atoms with Crippen LogP contribution in [0.5, 0.6) is 5.75 Å². The molecule has 0 fully saturated rings. The first-order valence-electron chi connectivity index (χ1n) is 5.82. The molecule has 0 bridgehead atoms. The summed E-state index contributed by atoms with van der Waals surface area (Å²) in [5.74, 6) is 0.168. The first kappa shape index (κ1) is 13.1. The molecule has 1 aromatic carbocycles. The lowest BCUT2D eigenvalue weighted by Crippen LogP contribution is -1.97. The molecule has 0 aliphatic rings. The lowest BCUT2D eigenvalue weighted by atomic mass is 10.2. The largest absolute Gasteiger partial charge is 0.488 e. The van der Waals surface area contributed by atoms with Gasteiger partial charge in [-0.15, -0.1) is 11.3 Å². The Kier molecular flexibility index (Phi) is 4.33. The van der Waals surface area contributed by atoms with E-state index in [0.717, 1.165) is 11.3 Å². The van der Waals surface area contributed by atoms with E-state index < -0.39 is 0 Å². The molecular weight excluding hydrogens is 251 g/mol. The highest BCUT2D eigenvalue weighted by Crippen LogP contribution is 2.23. The Morgan fingerprint density at radius 1 is 1.22 bits per heavy atom. The van der Waals surface area contributed by atoms with E-state index in [1.54, 1.807) is 17.4 Å². The van der Waals surface area contributed by atoms with Crippen LogP contribution < -0.4 is 4.74 Å². The minimum Gasteiger partial charge on any atom is -0.488 e. The second-order valence-electron chi connectivity index (χ2n) is 3.92. The van der Waals surface area contributed by atoms with Gasteiger partial charge in [-0.25, -0.2) is 4.39 Å². The normalized spacial score (nSPS) is 10.6. The van der Waals surface area contributed by atoms with E-state index in [1.807, 2.05) is 6.07 Å². The minimum atomic E-state index is -0.365. The number of aliphatic hydroxyl groups excluding tert-OH is 1. The standard InChI is InChI=1S/C14H15FO2S/c1-2-12-4-5-13(18-12)9-17-14-6-3-11(15)7-10(14)8-16/h3-7,16H,2,8-9H2,1H3. The number of aliphatic hydroxyl groups is 1. The van der Waals surface area contributed by atoms with Crippen molar-refractivity contribution in [1.29, 1.82) is 0 Å². The van der Waals surface area contributed by atoms with Gasteiger partial charge in [-0.1, -0.05) is 6.92 Å². The Morgan fingerprint density at radius 2 is 2.00 bits per heavy atom. The zero-order valence-electron chi connectivity index (χ0n) is 10.1. The molecule has 4 heteroatoms. The summed E-state index contributed by atoms with van der Waals surface area (Å²) in [6.07, 6.45) is 1.02. The smallest absolute Gasteiger partial charge is 0.125 e. The van der Waals surface area contributed by atoms with Crippen LogP contribution >= 0.6 is 11.3 Å². The summed E-state index contributed by atoms with van der Waals surface area (Å²) in [7, 11) is 0. The van der Waals surface area contributed by atoms with E-state index in [4.69, 9.17) is 9.84 Å². The van der Waals surface area contributed by atoms with Gasteiger partial charge in [0.2, 0.25) is 0 Å². The van der Waals surface area contributed by atoms with Gasteiger partial charge in [0, 0.05) is 15.3 Å². The molecular formula is C14H15FO2S. The molecule has 2 aromatic rings. The first-order chi connectivity index (χ1) is 8.72. The van der Waals surface area contributed by atoms with Crippen LogP contribution in [0, 0.1) is 5.82 Å². The van der Waals surface area contributed by atoms with Crippen molar-refractivity contribution in [3.05, 3.63) is 51.5 Å². The maximum Gasteiger partial charge on any atom is 0.125 e. The number of halogens is 1. The molecule has 2 nitrogen and oxygen atoms in total. The number of aryl methyl sites for hydroxylation is 1. The van der Waals surface area contributed by atoms with Crippen molar-refractivity contribution in [1.82, 2.24) is 0 Å². The molecule has 0 radical (unpaired) electrons. The van der Waals surface area contributed by atoms with Crippen LogP contribution in [0.15, 0.2) is 30.3 Å². The van der Waals surface area contributed by atoms with Gasteiger partial charge in [0.1, 0.15) is 18.2 Å². The zero-order valence-corrected chi connectivity index (χ0v) is 11.0. The Hall–Kier alpha value is -1.39. The lowest BCUT2D eigenvalue weighted by Gasteiger charge is -2.09. The molecule has 0 saturated carbocycles. The minimum absolute atomic E-state index is 0.224. The molecule has 0 amide bonds. The van der Waals surface area contributed by atoms with Gasteiger partial charge in [-0.05, 0) is 36.8 Å². The van der Waals surface area contributed by atoms with Crippen LogP contribution in [0.2, 0.25) is 0 Å². The topological polar surface area (TPSA) is 29.5 Å².